The molecule has 1 aliphatic rings. The van der Waals surface area contributed by atoms with Crippen molar-refractivity contribution in [3.63, 3.8) is 0 Å². The first-order valence-electron chi connectivity index (χ1n) is 9.90. The molecule has 29 heavy (non-hydrogen) atoms. The van der Waals surface area contributed by atoms with Gasteiger partial charge in [0.05, 0.1) is 19.9 Å². The Labute approximate surface area is 179 Å². The quantitative estimate of drug-likeness (QED) is 0.460. The molecule has 1 aliphatic carbocycles. The molecule has 6 nitrogen and oxygen atoms in total. The molecule has 2 heterocycles. The van der Waals surface area contributed by atoms with Crippen molar-refractivity contribution in [1.82, 2.24) is 19.7 Å². The lowest BCUT2D eigenvalue weighted by Crippen LogP contribution is -2.15. The summed E-state index contributed by atoms with van der Waals surface area (Å²) in [6, 6.07) is 6.44. The van der Waals surface area contributed by atoms with Crippen molar-refractivity contribution in [3.8, 4) is 22.1 Å². The lowest BCUT2D eigenvalue weighted by atomic mass is 9.95. The summed E-state index contributed by atoms with van der Waals surface area (Å²) in [6.07, 6.45) is 6.40. The molecule has 0 amide bonds. The van der Waals surface area contributed by atoms with Gasteiger partial charge in [0.1, 0.15) is 10.8 Å². The third-order valence-corrected chi connectivity index (χ3v) is 7.22. The number of hydrogen-bond acceptors (Lipinski definition) is 7. The summed E-state index contributed by atoms with van der Waals surface area (Å²) >= 11 is 3.37. The van der Waals surface area contributed by atoms with Crippen molar-refractivity contribution >= 4 is 23.1 Å². The van der Waals surface area contributed by atoms with Gasteiger partial charge in [0.15, 0.2) is 16.7 Å². The number of hydrogen-bond donors (Lipinski definition) is 0. The van der Waals surface area contributed by atoms with Crippen molar-refractivity contribution in [2.75, 3.05) is 14.2 Å². The highest BCUT2D eigenvalue weighted by Crippen LogP contribution is 2.36. The van der Waals surface area contributed by atoms with Gasteiger partial charge in [-0.05, 0) is 38.0 Å². The van der Waals surface area contributed by atoms with Crippen molar-refractivity contribution in [2.24, 2.45) is 0 Å². The lowest BCUT2D eigenvalue weighted by molar-refractivity contribution is 0.332. The number of aromatic nitrogens is 4. The Morgan fingerprint density at radius 1 is 1.10 bits per heavy atom. The maximum Gasteiger partial charge on any atom is 0.191 e. The van der Waals surface area contributed by atoms with Crippen molar-refractivity contribution < 1.29 is 9.47 Å². The van der Waals surface area contributed by atoms with Crippen LogP contribution < -0.4 is 9.47 Å². The number of nitrogens with zero attached hydrogens (tertiary/aromatic N) is 4. The second-order valence-electron chi connectivity index (χ2n) is 7.19. The van der Waals surface area contributed by atoms with Crippen LogP contribution in [0.25, 0.3) is 10.6 Å². The van der Waals surface area contributed by atoms with E-state index in [4.69, 9.17) is 14.5 Å². The summed E-state index contributed by atoms with van der Waals surface area (Å²) in [7, 11) is 3.29. The van der Waals surface area contributed by atoms with E-state index in [2.05, 4.69) is 27.1 Å². The number of thioether (sulfide) groups is 1. The zero-order chi connectivity index (χ0) is 20.2. The highest BCUT2D eigenvalue weighted by molar-refractivity contribution is 7.98. The summed E-state index contributed by atoms with van der Waals surface area (Å²) in [5.74, 6) is 3.24. The monoisotopic (exact) mass is 430 g/mol. The van der Waals surface area contributed by atoms with E-state index in [1.54, 1.807) is 37.3 Å². The topological polar surface area (TPSA) is 62.1 Å². The molecule has 0 radical (unpaired) electrons. The fraction of sp³-hybridized carbons (Fsp3) is 0.476. The van der Waals surface area contributed by atoms with E-state index < -0.39 is 0 Å². The van der Waals surface area contributed by atoms with Crippen LogP contribution in [-0.4, -0.2) is 34.0 Å². The first-order chi connectivity index (χ1) is 14.2. The van der Waals surface area contributed by atoms with Crippen LogP contribution >= 0.6 is 23.1 Å². The van der Waals surface area contributed by atoms with Gasteiger partial charge in [0, 0.05) is 22.7 Å². The molecular formula is C21H26N4O2S2. The minimum Gasteiger partial charge on any atom is -0.493 e. The van der Waals surface area contributed by atoms with Crippen LogP contribution in [0.1, 0.15) is 49.7 Å². The predicted octanol–water partition coefficient (Wildman–Crippen LogP) is 5.52. The molecule has 0 aliphatic heterocycles. The summed E-state index contributed by atoms with van der Waals surface area (Å²) < 4.78 is 13.1. The maximum atomic E-state index is 5.41. The third kappa shape index (κ3) is 4.43. The van der Waals surface area contributed by atoms with Gasteiger partial charge < -0.3 is 14.0 Å². The molecule has 8 heteroatoms. The van der Waals surface area contributed by atoms with Crippen molar-refractivity contribution in [2.45, 2.75) is 56.0 Å². The minimum absolute atomic E-state index is 0.541. The zero-order valence-corrected chi connectivity index (χ0v) is 18.7. The molecule has 154 valence electrons. The van der Waals surface area contributed by atoms with Gasteiger partial charge in [-0.25, -0.2) is 4.98 Å². The van der Waals surface area contributed by atoms with E-state index in [9.17, 15) is 0 Å². The Balaban J connectivity index is 1.47. The molecule has 0 atom stereocenters. The fourth-order valence-corrected chi connectivity index (χ4v) is 5.69. The van der Waals surface area contributed by atoms with Crippen LogP contribution in [0.4, 0.5) is 0 Å². The number of rotatable bonds is 7. The summed E-state index contributed by atoms with van der Waals surface area (Å²) in [4.78, 5) is 4.82. The van der Waals surface area contributed by atoms with Crippen LogP contribution in [0, 0.1) is 6.92 Å². The van der Waals surface area contributed by atoms with Crippen LogP contribution in [0.15, 0.2) is 28.7 Å². The van der Waals surface area contributed by atoms with Crippen molar-refractivity contribution in [3.05, 3.63) is 35.1 Å². The second kappa shape index (κ2) is 9.17. The van der Waals surface area contributed by atoms with Crippen LogP contribution in [0.5, 0.6) is 11.5 Å². The first kappa shape index (κ1) is 20.2. The third-order valence-electron chi connectivity index (χ3n) is 5.31. The summed E-state index contributed by atoms with van der Waals surface area (Å²) in [5.41, 5.74) is 2.09. The number of benzene rings is 1. The van der Waals surface area contributed by atoms with Gasteiger partial charge in [-0.15, -0.1) is 21.5 Å². The molecular weight excluding hydrogens is 404 g/mol. The minimum atomic E-state index is 0.541. The summed E-state index contributed by atoms with van der Waals surface area (Å²) in [5, 5.41) is 12.9. The van der Waals surface area contributed by atoms with Crippen LogP contribution in [0.3, 0.4) is 0 Å². The highest BCUT2D eigenvalue weighted by atomic mass is 32.2. The summed E-state index contributed by atoms with van der Waals surface area (Å²) in [6.45, 7) is 2.06. The molecule has 1 aromatic carbocycles. The van der Waals surface area contributed by atoms with Gasteiger partial charge in [0.2, 0.25) is 0 Å². The van der Waals surface area contributed by atoms with Gasteiger partial charge in [-0.3, -0.25) is 0 Å². The Bertz CT molecular complexity index is 963. The van der Waals surface area contributed by atoms with E-state index in [1.807, 2.05) is 18.2 Å². The standard InChI is InChI=1S/C21H26N4O2S2/c1-14-23-24-21(25(14)17-7-5-4-6-8-17)29-13-16-12-28-20(22-16)15-9-10-18(26-2)19(11-15)27-3/h9-12,17H,4-8,13H2,1-3H3. The Hall–Kier alpha value is -2.06. The molecule has 0 N–H and O–H groups in total. The van der Waals surface area contributed by atoms with Gasteiger partial charge in [0.25, 0.3) is 0 Å². The van der Waals surface area contributed by atoms with Gasteiger partial charge in [-0.2, -0.15) is 0 Å². The SMILES string of the molecule is COc1ccc(-c2nc(CSc3nnc(C)n3C3CCCCC3)cs2)cc1OC. The molecule has 0 unspecified atom stereocenters. The number of methoxy groups -OCH3 is 2. The first-order valence-corrected chi connectivity index (χ1v) is 11.8. The van der Waals surface area contributed by atoms with E-state index in [-0.39, 0.29) is 0 Å². The van der Waals surface area contributed by atoms with E-state index in [1.165, 1.54) is 32.1 Å². The van der Waals surface area contributed by atoms with E-state index in [0.29, 0.717) is 11.8 Å². The Kier molecular flexibility index (Phi) is 6.40. The zero-order valence-electron chi connectivity index (χ0n) is 17.1. The van der Waals surface area contributed by atoms with Gasteiger partial charge >= 0.3 is 0 Å². The lowest BCUT2D eigenvalue weighted by Gasteiger charge is -2.24. The van der Waals surface area contributed by atoms with Crippen LogP contribution in [0.2, 0.25) is 0 Å². The average molecular weight is 431 g/mol. The molecule has 3 aromatic rings. The predicted molar refractivity (Wildman–Crippen MR) is 117 cm³/mol. The van der Waals surface area contributed by atoms with Gasteiger partial charge in [-0.1, -0.05) is 31.0 Å². The maximum absolute atomic E-state index is 5.41. The molecule has 1 fully saturated rings. The number of ether oxygens (including phenoxy) is 2. The second-order valence-corrected chi connectivity index (χ2v) is 8.99. The van der Waals surface area contributed by atoms with E-state index in [0.717, 1.165) is 38.7 Å². The molecule has 0 saturated heterocycles. The molecule has 0 spiro atoms. The Morgan fingerprint density at radius 2 is 1.90 bits per heavy atom. The normalized spacial score (nSPS) is 14.9. The largest absolute Gasteiger partial charge is 0.493 e. The smallest absolute Gasteiger partial charge is 0.191 e. The molecule has 1 saturated carbocycles. The Morgan fingerprint density at radius 3 is 2.66 bits per heavy atom. The fourth-order valence-electron chi connectivity index (χ4n) is 3.82. The molecule has 2 aromatic heterocycles. The van der Waals surface area contributed by atoms with E-state index >= 15 is 0 Å². The van der Waals surface area contributed by atoms with Crippen molar-refractivity contribution in [1.29, 1.82) is 0 Å². The highest BCUT2D eigenvalue weighted by Gasteiger charge is 2.21. The molecule has 4 rings (SSSR count). The average Bonchev–Trinajstić information content (AvgIpc) is 3.39. The number of aryl methyl sites for hydroxylation is 1. The van der Waals surface area contributed by atoms with Crippen LogP contribution in [-0.2, 0) is 5.75 Å². The number of thiazole rings is 1. The molecule has 0 bridgehead atoms.